The topological polar surface area (TPSA) is 0 Å². The average molecular weight is 250 g/mol. The van der Waals surface area contributed by atoms with Crippen LogP contribution in [-0.4, -0.2) is 6.67 Å². The first-order valence-corrected chi connectivity index (χ1v) is 7.11. The van der Waals surface area contributed by atoms with Crippen molar-refractivity contribution in [2.24, 2.45) is 11.8 Å². The normalized spacial score (nSPS) is 13.3. The van der Waals surface area contributed by atoms with Crippen molar-refractivity contribution in [3.63, 3.8) is 0 Å². The molecule has 0 fully saturated rings. The molecular weight excluding hydrogens is 223 g/mol. The lowest BCUT2D eigenvalue weighted by atomic mass is 9.91. The molecule has 0 aliphatic rings. The zero-order valence-corrected chi connectivity index (χ0v) is 12.5. The van der Waals surface area contributed by atoms with E-state index in [1.807, 2.05) is 6.92 Å². The second-order valence-corrected chi connectivity index (χ2v) is 6.33. The van der Waals surface area contributed by atoms with Gasteiger partial charge in [-0.15, -0.1) is 0 Å². The molecule has 102 valence electrons. The first kappa shape index (κ1) is 15.2. The van der Waals surface area contributed by atoms with Gasteiger partial charge >= 0.3 is 0 Å². The summed E-state index contributed by atoms with van der Waals surface area (Å²) in [4.78, 5) is 0. The maximum atomic E-state index is 12.9. The van der Waals surface area contributed by atoms with Gasteiger partial charge in [0, 0.05) is 5.92 Å². The number of halogens is 1. The highest BCUT2D eigenvalue weighted by atomic mass is 19.1. The number of alkyl halides is 1. The molecule has 0 N–H and O–H groups in total. The van der Waals surface area contributed by atoms with Crippen LogP contribution in [0.4, 0.5) is 4.39 Å². The summed E-state index contributed by atoms with van der Waals surface area (Å²) in [6, 6.07) is 6.68. The predicted octanol–water partition coefficient (Wildman–Crippen LogP) is 5.16. The highest BCUT2D eigenvalue weighted by Crippen LogP contribution is 2.23. The van der Waals surface area contributed by atoms with Gasteiger partial charge in [0.2, 0.25) is 0 Å². The molecule has 1 unspecified atom stereocenters. The molecular formula is C17H27F. The zero-order valence-electron chi connectivity index (χ0n) is 12.5. The molecule has 0 aliphatic heterocycles. The predicted molar refractivity (Wildman–Crippen MR) is 77.9 cm³/mol. The van der Waals surface area contributed by atoms with Crippen LogP contribution in [0, 0.1) is 11.8 Å². The average Bonchev–Trinajstić information content (AvgIpc) is 2.25. The fourth-order valence-corrected chi connectivity index (χ4v) is 2.34. The van der Waals surface area contributed by atoms with Crippen LogP contribution < -0.4 is 0 Å². The van der Waals surface area contributed by atoms with Crippen molar-refractivity contribution in [3.8, 4) is 0 Å². The van der Waals surface area contributed by atoms with Crippen molar-refractivity contribution in [3.05, 3.63) is 34.9 Å². The Balaban J connectivity index is 3.03. The van der Waals surface area contributed by atoms with Crippen molar-refractivity contribution in [2.45, 2.75) is 53.4 Å². The maximum absolute atomic E-state index is 12.9. The third-order valence-corrected chi connectivity index (χ3v) is 3.16. The summed E-state index contributed by atoms with van der Waals surface area (Å²) in [6.07, 6.45) is 2.16. The molecule has 0 nitrogen and oxygen atoms in total. The van der Waals surface area contributed by atoms with Crippen LogP contribution in [0.5, 0.6) is 0 Å². The lowest BCUT2D eigenvalue weighted by Crippen LogP contribution is -2.03. The van der Waals surface area contributed by atoms with Gasteiger partial charge in [0.1, 0.15) is 0 Å². The molecule has 0 spiro atoms. The van der Waals surface area contributed by atoms with E-state index >= 15 is 0 Å². The highest BCUT2D eigenvalue weighted by Gasteiger charge is 2.10. The quantitative estimate of drug-likeness (QED) is 0.654. The van der Waals surface area contributed by atoms with Gasteiger partial charge < -0.3 is 0 Å². The maximum Gasteiger partial charge on any atom is 0.0960 e. The van der Waals surface area contributed by atoms with Crippen molar-refractivity contribution < 1.29 is 4.39 Å². The molecule has 0 saturated carbocycles. The van der Waals surface area contributed by atoms with E-state index in [-0.39, 0.29) is 12.6 Å². The van der Waals surface area contributed by atoms with E-state index in [0.717, 1.165) is 18.4 Å². The van der Waals surface area contributed by atoms with E-state index in [0.29, 0.717) is 11.8 Å². The van der Waals surface area contributed by atoms with Gasteiger partial charge in [-0.1, -0.05) is 52.8 Å². The minimum absolute atomic E-state index is 0.0167. The lowest BCUT2D eigenvalue weighted by Gasteiger charge is -2.15. The summed E-state index contributed by atoms with van der Waals surface area (Å²) in [5, 5.41) is 0. The Hall–Kier alpha value is -0.850. The summed E-state index contributed by atoms with van der Waals surface area (Å²) < 4.78 is 12.9. The van der Waals surface area contributed by atoms with Gasteiger partial charge in [0.05, 0.1) is 6.67 Å². The van der Waals surface area contributed by atoms with Gasteiger partial charge in [-0.05, 0) is 41.4 Å². The number of hydrogen-bond donors (Lipinski definition) is 0. The monoisotopic (exact) mass is 250 g/mol. The van der Waals surface area contributed by atoms with E-state index in [1.165, 1.54) is 11.1 Å². The standard InChI is InChI=1S/C17H27F/c1-12(2)6-15-8-16(7-13(3)4)10-17(9-15)14(5)11-18/h8-10,12-14H,6-7,11H2,1-5H3. The first-order chi connectivity index (χ1) is 8.42. The van der Waals surface area contributed by atoms with Gasteiger partial charge in [-0.3, -0.25) is 4.39 Å². The summed E-state index contributed by atoms with van der Waals surface area (Å²) in [5.41, 5.74) is 3.88. The van der Waals surface area contributed by atoms with Gasteiger partial charge in [0.15, 0.2) is 0 Å². The van der Waals surface area contributed by atoms with Gasteiger partial charge in [-0.2, -0.15) is 0 Å². The number of rotatable bonds is 6. The Kier molecular flexibility index (Phi) is 5.84. The van der Waals surface area contributed by atoms with Gasteiger partial charge in [0.25, 0.3) is 0 Å². The van der Waals surface area contributed by atoms with Crippen LogP contribution in [0.15, 0.2) is 18.2 Å². The van der Waals surface area contributed by atoms with Crippen LogP contribution in [0.25, 0.3) is 0 Å². The Morgan fingerprint density at radius 2 is 1.28 bits per heavy atom. The molecule has 0 bridgehead atoms. The fraction of sp³-hybridized carbons (Fsp3) is 0.647. The minimum atomic E-state index is -0.272. The number of hydrogen-bond acceptors (Lipinski definition) is 0. The van der Waals surface area contributed by atoms with Crippen molar-refractivity contribution in [1.82, 2.24) is 0 Å². The van der Waals surface area contributed by atoms with Crippen molar-refractivity contribution in [2.75, 3.05) is 6.67 Å². The lowest BCUT2D eigenvalue weighted by molar-refractivity contribution is 0.446. The Labute approximate surface area is 112 Å². The van der Waals surface area contributed by atoms with Crippen LogP contribution in [0.1, 0.15) is 57.2 Å². The van der Waals surface area contributed by atoms with Crippen LogP contribution in [0.2, 0.25) is 0 Å². The van der Waals surface area contributed by atoms with E-state index in [4.69, 9.17) is 0 Å². The molecule has 0 heterocycles. The Morgan fingerprint density at radius 3 is 1.61 bits per heavy atom. The molecule has 0 aromatic heterocycles. The summed E-state index contributed by atoms with van der Waals surface area (Å²) in [5.74, 6) is 1.31. The molecule has 0 amide bonds. The molecule has 1 rings (SSSR count). The van der Waals surface area contributed by atoms with Crippen LogP contribution in [0.3, 0.4) is 0 Å². The summed E-state index contributed by atoms with van der Waals surface area (Å²) in [6.45, 7) is 10.6. The molecule has 0 saturated heterocycles. The first-order valence-electron chi connectivity index (χ1n) is 7.11. The SMILES string of the molecule is CC(C)Cc1cc(CC(C)C)cc(C(C)CF)c1. The Bertz CT molecular complexity index is 338. The van der Waals surface area contributed by atoms with Crippen molar-refractivity contribution in [1.29, 1.82) is 0 Å². The largest absolute Gasteiger partial charge is 0.250 e. The van der Waals surface area contributed by atoms with Crippen LogP contribution in [-0.2, 0) is 12.8 Å². The summed E-state index contributed by atoms with van der Waals surface area (Å²) >= 11 is 0. The molecule has 1 atom stereocenters. The molecule has 1 aromatic carbocycles. The second-order valence-electron chi connectivity index (χ2n) is 6.33. The third kappa shape index (κ3) is 4.80. The molecule has 1 heteroatoms. The third-order valence-electron chi connectivity index (χ3n) is 3.16. The Morgan fingerprint density at radius 1 is 0.833 bits per heavy atom. The van der Waals surface area contributed by atoms with E-state index in [9.17, 15) is 4.39 Å². The fourth-order valence-electron chi connectivity index (χ4n) is 2.34. The highest BCUT2D eigenvalue weighted by molar-refractivity contribution is 5.33. The molecule has 0 radical (unpaired) electrons. The van der Waals surface area contributed by atoms with E-state index < -0.39 is 0 Å². The van der Waals surface area contributed by atoms with Crippen LogP contribution >= 0.6 is 0 Å². The molecule has 1 aromatic rings. The van der Waals surface area contributed by atoms with Gasteiger partial charge in [-0.25, -0.2) is 0 Å². The second kappa shape index (κ2) is 6.92. The zero-order chi connectivity index (χ0) is 13.7. The smallest absolute Gasteiger partial charge is 0.0960 e. The molecule has 18 heavy (non-hydrogen) atoms. The number of benzene rings is 1. The van der Waals surface area contributed by atoms with Crippen molar-refractivity contribution >= 4 is 0 Å². The minimum Gasteiger partial charge on any atom is -0.250 e. The van der Waals surface area contributed by atoms with E-state index in [2.05, 4.69) is 45.9 Å². The molecule has 0 aliphatic carbocycles. The van der Waals surface area contributed by atoms with E-state index in [1.54, 1.807) is 0 Å². The summed E-state index contributed by atoms with van der Waals surface area (Å²) in [7, 11) is 0.